The van der Waals surface area contributed by atoms with Crippen LogP contribution >= 0.6 is 0 Å². The smallest absolute Gasteiger partial charge is 0.138 e. The van der Waals surface area contributed by atoms with Crippen molar-refractivity contribution in [3.63, 3.8) is 0 Å². The Hall–Kier alpha value is 0.0249. The van der Waals surface area contributed by atoms with E-state index in [-0.39, 0.29) is 0 Å². The SMILES string of the molecule is CN1CBCCC1. The van der Waals surface area contributed by atoms with Gasteiger partial charge in [-0.3, -0.25) is 0 Å². The standard InChI is InChI=1S/C5H12BN/c1-7-4-2-3-6-5-7/h6H,2-5H2,1H3. The average Bonchev–Trinajstić information content (AvgIpc) is 1.69. The van der Waals surface area contributed by atoms with Crippen LogP contribution in [0, 0.1) is 0 Å². The van der Waals surface area contributed by atoms with Crippen molar-refractivity contribution in [2.24, 2.45) is 0 Å². The Morgan fingerprint density at radius 3 is 2.71 bits per heavy atom. The Morgan fingerprint density at radius 2 is 2.43 bits per heavy atom. The van der Waals surface area contributed by atoms with Crippen molar-refractivity contribution in [1.82, 2.24) is 4.90 Å². The van der Waals surface area contributed by atoms with E-state index < -0.39 is 0 Å². The third kappa shape index (κ3) is 1.52. The first-order valence-corrected chi connectivity index (χ1v) is 3.08. The molecule has 2 heteroatoms. The molecule has 0 aliphatic carbocycles. The lowest BCUT2D eigenvalue weighted by molar-refractivity contribution is 0.372. The van der Waals surface area contributed by atoms with Crippen molar-refractivity contribution in [3.8, 4) is 0 Å². The largest absolute Gasteiger partial charge is 0.314 e. The second-order valence-electron chi connectivity index (χ2n) is 2.36. The molecule has 0 unspecified atom stereocenters. The van der Waals surface area contributed by atoms with E-state index in [0.717, 1.165) is 0 Å². The molecule has 0 saturated carbocycles. The first kappa shape index (κ1) is 5.17. The van der Waals surface area contributed by atoms with E-state index in [1.807, 2.05) is 0 Å². The summed E-state index contributed by atoms with van der Waals surface area (Å²) in [4.78, 5) is 2.39. The Kier molecular flexibility index (Phi) is 1.74. The van der Waals surface area contributed by atoms with Gasteiger partial charge in [0.05, 0.1) is 0 Å². The van der Waals surface area contributed by atoms with Crippen molar-refractivity contribution >= 4 is 7.28 Å². The molecule has 1 nitrogen and oxygen atoms in total. The van der Waals surface area contributed by atoms with E-state index in [2.05, 4.69) is 11.9 Å². The summed E-state index contributed by atoms with van der Waals surface area (Å²) in [5.74, 6) is 0. The monoisotopic (exact) mass is 97.1 g/mol. The van der Waals surface area contributed by atoms with Gasteiger partial charge in [-0.1, -0.05) is 6.32 Å². The summed E-state index contributed by atoms with van der Waals surface area (Å²) in [7, 11) is 3.61. The van der Waals surface area contributed by atoms with Gasteiger partial charge in [-0.15, -0.1) is 0 Å². The lowest BCUT2D eigenvalue weighted by Crippen LogP contribution is -2.29. The molecular weight excluding hydrogens is 84.9 g/mol. The molecule has 0 bridgehead atoms. The number of nitrogens with zero attached hydrogens (tertiary/aromatic N) is 1. The number of hydrogen-bond acceptors (Lipinski definition) is 1. The molecule has 0 radical (unpaired) electrons. The van der Waals surface area contributed by atoms with Crippen LogP contribution in [0.3, 0.4) is 0 Å². The second kappa shape index (κ2) is 2.36. The Labute approximate surface area is 45.9 Å². The highest BCUT2D eigenvalue weighted by atomic mass is 15.1. The van der Waals surface area contributed by atoms with Gasteiger partial charge in [0.15, 0.2) is 0 Å². The van der Waals surface area contributed by atoms with Crippen molar-refractivity contribution < 1.29 is 0 Å². The van der Waals surface area contributed by atoms with Crippen LogP contribution in [-0.2, 0) is 0 Å². The van der Waals surface area contributed by atoms with E-state index in [1.165, 1.54) is 33.0 Å². The fraction of sp³-hybridized carbons (Fsp3) is 1.00. The third-order valence-corrected chi connectivity index (χ3v) is 1.58. The van der Waals surface area contributed by atoms with Crippen LogP contribution in [0.5, 0.6) is 0 Å². The minimum atomic E-state index is 1.32. The van der Waals surface area contributed by atoms with Gasteiger partial charge in [0.25, 0.3) is 0 Å². The van der Waals surface area contributed by atoms with Gasteiger partial charge in [-0.05, 0) is 26.5 Å². The van der Waals surface area contributed by atoms with E-state index in [4.69, 9.17) is 0 Å². The molecule has 1 saturated heterocycles. The van der Waals surface area contributed by atoms with Crippen molar-refractivity contribution in [1.29, 1.82) is 0 Å². The summed E-state index contributed by atoms with van der Waals surface area (Å²) >= 11 is 0. The summed E-state index contributed by atoms with van der Waals surface area (Å²) < 4.78 is 0. The summed E-state index contributed by atoms with van der Waals surface area (Å²) in [6.07, 6.45) is 4.18. The third-order valence-electron chi connectivity index (χ3n) is 1.58. The van der Waals surface area contributed by atoms with Crippen LogP contribution in [0.4, 0.5) is 0 Å². The van der Waals surface area contributed by atoms with Gasteiger partial charge in [0.2, 0.25) is 0 Å². The van der Waals surface area contributed by atoms with Crippen LogP contribution in [0.15, 0.2) is 0 Å². The fourth-order valence-electron chi connectivity index (χ4n) is 1.05. The first-order chi connectivity index (χ1) is 3.39. The maximum Gasteiger partial charge on any atom is 0.138 e. The van der Waals surface area contributed by atoms with Gasteiger partial charge in [0.1, 0.15) is 7.28 Å². The molecule has 1 fully saturated rings. The summed E-state index contributed by atoms with van der Waals surface area (Å²) in [5, 5.41) is 0. The molecular formula is C5H12BN. The Morgan fingerprint density at radius 1 is 1.57 bits per heavy atom. The van der Waals surface area contributed by atoms with Crippen LogP contribution in [0.1, 0.15) is 6.42 Å². The minimum Gasteiger partial charge on any atom is -0.314 e. The minimum absolute atomic E-state index is 1.32. The molecule has 0 aromatic heterocycles. The van der Waals surface area contributed by atoms with Crippen LogP contribution in [0.2, 0.25) is 6.32 Å². The molecule has 0 aromatic carbocycles. The van der Waals surface area contributed by atoms with Crippen molar-refractivity contribution in [3.05, 3.63) is 0 Å². The molecule has 0 amide bonds. The topological polar surface area (TPSA) is 3.24 Å². The molecule has 0 N–H and O–H groups in total. The predicted molar refractivity (Wildman–Crippen MR) is 34.1 cm³/mol. The van der Waals surface area contributed by atoms with Crippen molar-refractivity contribution in [2.75, 3.05) is 20.0 Å². The highest BCUT2D eigenvalue weighted by Gasteiger charge is 2.03. The Bertz CT molecular complexity index is 50.0. The molecule has 0 aromatic rings. The molecule has 1 aliphatic heterocycles. The molecule has 1 aliphatic rings. The van der Waals surface area contributed by atoms with Crippen LogP contribution in [0.25, 0.3) is 0 Å². The lowest BCUT2D eigenvalue weighted by atomic mass is 9.70. The highest BCUT2D eigenvalue weighted by molar-refractivity contribution is 6.35. The first-order valence-electron chi connectivity index (χ1n) is 3.08. The average molecular weight is 97.0 g/mol. The van der Waals surface area contributed by atoms with E-state index >= 15 is 0 Å². The second-order valence-corrected chi connectivity index (χ2v) is 2.36. The highest BCUT2D eigenvalue weighted by Crippen LogP contribution is 1.98. The van der Waals surface area contributed by atoms with E-state index in [1.54, 1.807) is 0 Å². The van der Waals surface area contributed by atoms with Gasteiger partial charge in [0, 0.05) is 0 Å². The quantitative estimate of drug-likeness (QED) is 0.388. The van der Waals surface area contributed by atoms with Gasteiger partial charge in [-0.2, -0.15) is 0 Å². The van der Waals surface area contributed by atoms with E-state index in [9.17, 15) is 0 Å². The predicted octanol–water partition coefficient (Wildman–Crippen LogP) is 0.134. The zero-order valence-corrected chi connectivity index (χ0v) is 4.98. The molecule has 1 heterocycles. The summed E-state index contributed by atoms with van der Waals surface area (Å²) in [6.45, 7) is 1.32. The Balaban J connectivity index is 2.12. The molecule has 7 heavy (non-hydrogen) atoms. The maximum absolute atomic E-state index is 2.39. The van der Waals surface area contributed by atoms with Gasteiger partial charge >= 0.3 is 0 Å². The van der Waals surface area contributed by atoms with E-state index in [0.29, 0.717) is 0 Å². The summed E-state index contributed by atoms with van der Waals surface area (Å²) in [5.41, 5.74) is 0. The van der Waals surface area contributed by atoms with Gasteiger partial charge in [-0.25, -0.2) is 0 Å². The summed E-state index contributed by atoms with van der Waals surface area (Å²) in [6, 6.07) is 0. The molecule has 40 valence electrons. The maximum atomic E-state index is 2.39. The van der Waals surface area contributed by atoms with Crippen LogP contribution in [-0.4, -0.2) is 32.2 Å². The molecule has 0 spiro atoms. The number of rotatable bonds is 0. The van der Waals surface area contributed by atoms with Gasteiger partial charge < -0.3 is 4.90 Å². The van der Waals surface area contributed by atoms with Crippen LogP contribution < -0.4 is 0 Å². The lowest BCUT2D eigenvalue weighted by Gasteiger charge is -2.19. The molecule has 1 rings (SSSR count). The normalized spacial score (nSPS) is 24.1. The zero-order valence-electron chi connectivity index (χ0n) is 4.98. The zero-order chi connectivity index (χ0) is 5.11. The van der Waals surface area contributed by atoms with Crippen molar-refractivity contribution in [2.45, 2.75) is 12.7 Å². The number of hydrogen-bond donors (Lipinski definition) is 0. The molecule has 0 atom stereocenters. The fourth-order valence-corrected chi connectivity index (χ4v) is 1.05.